The Morgan fingerprint density at radius 3 is 2.44 bits per heavy atom. The monoisotopic (exact) mass is 834 g/mol. The molecule has 4 heterocycles. The molecule has 3 aliphatic heterocycles. The number of nitrogens with one attached hydrogen (secondary N) is 2. The minimum absolute atomic E-state index is 0.0772. The van der Waals surface area contributed by atoms with Crippen molar-refractivity contribution in [1.82, 2.24) is 20.5 Å². The Hall–Kier alpha value is -5.62. The molecule has 4 aromatic carbocycles. The topological polar surface area (TPSA) is 139 Å². The van der Waals surface area contributed by atoms with Crippen molar-refractivity contribution in [3.63, 3.8) is 0 Å². The molecule has 3 aliphatic rings. The van der Waals surface area contributed by atoms with E-state index in [1.54, 1.807) is 23.2 Å². The fraction of sp³-hybridized carbons (Fsp3) is 0.304. The van der Waals surface area contributed by atoms with Crippen LogP contribution in [0.15, 0.2) is 91.1 Å². The van der Waals surface area contributed by atoms with Crippen LogP contribution in [-0.4, -0.2) is 64.6 Å². The molecule has 0 radical (unpaired) electrons. The Labute approximate surface area is 352 Å². The van der Waals surface area contributed by atoms with E-state index >= 15 is 0 Å². The van der Waals surface area contributed by atoms with Gasteiger partial charge in [0.25, 0.3) is 0 Å². The van der Waals surface area contributed by atoms with Crippen molar-refractivity contribution in [1.29, 1.82) is 0 Å². The normalized spacial score (nSPS) is 18.8. The molecule has 1 saturated heterocycles. The average Bonchev–Trinajstić information content (AvgIpc) is 3.79. The summed E-state index contributed by atoms with van der Waals surface area (Å²) in [5, 5.41) is 17.3. The summed E-state index contributed by atoms with van der Waals surface area (Å²) in [6.45, 7) is 5.98. The van der Waals surface area contributed by atoms with Crippen molar-refractivity contribution in [2.45, 2.75) is 64.4 Å². The SMILES string of the molecule is Cc1nccc(-c2ccc(C[C@H](NC(=O)[C@@H]3Cc4cc5c(cc4CN3C(=O)[C@H]3CCNC3)O[C@@H](c3ccc(OCc4ccc(Cl)c(Cl)c4)cc3)CO5)C(=O)O)cc2)c1C. The number of carboxylic acids is 1. The summed E-state index contributed by atoms with van der Waals surface area (Å²) in [7, 11) is 0. The molecular weight excluding hydrogens is 791 g/mol. The average molecular weight is 836 g/mol. The largest absolute Gasteiger partial charge is 0.489 e. The van der Waals surface area contributed by atoms with Gasteiger partial charge in [0, 0.05) is 37.8 Å². The summed E-state index contributed by atoms with van der Waals surface area (Å²) in [5.74, 6) is -0.321. The molecule has 1 aromatic heterocycles. The maximum Gasteiger partial charge on any atom is 0.326 e. The van der Waals surface area contributed by atoms with Crippen molar-refractivity contribution >= 4 is 41.0 Å². The lowest BCUT2D eigenvalue weighted by atomic mass is 9.90. The molecule has 13 heteroatoms. The molecule has 0 bridgehead atoms. The van der Waals surface area contributed by atoms with Gasteiger partial charge in [-0.25, -0.2) is 4.79 Å². The Morgan fingerprint density at radius 1 is 0.949 bits per heavy atom. The first kappa shape index (κ1) is 40.2. The van der Waals surface area contributed by atoms with Crippen LogP contribution < -0.4 is 24.8 Å². The van der Waals surface area contributed by atoms with Gasteiger partial charge in [-0.3, -0.25) is 14.6 Å². The Bertz CT molecular complexity index is 2380. The maximum atomic E-state index is 14.1. The third kappa shape index (κ3) is 8.88. The van der Waals surface area contributed by atoms with Crippen LogP contribution in [-0.2, 0) is 40.4 Å². The minimum atomic E-state index is -1.20. The van der Waals surface area contributed by atoms with Gasteiger partial charge in [-0.05, 0) is 114 Å². The van der Waals surface area contributed by atoms with Crippen LogP contribution in [0.1, 0.15) is 51.6 Å². The zero-order valence-electron chi connectivity index (χ0n) is 32.7. The number of carbonyl (C=O) groups excluding carboxylic acids is 2. The van der Waals surface area contributed by atoms with E-state index in [4.69, 9.17) is 37.4 Å². The van der Waals surface area contributed by atoms with Gasteiger partial charge in [0.1, 0.15) is 31.0 Å². The number of hydrogen-bond donors (Lipinski definition) is 3. The van der Waals surface area contributed by atoms with Crippen LogP contribution in [0.4, 0.5) is 0 Å². The summed E-state index contributed by atoms with van der Waals surface area (Å²) in [5.41, 5.74) is 8.31. The number of aromatic nitrogens is 1. The maximum absolute atomic E-state index is 14.1. The van der Waals surface area contributed by atoms with Crippen molar-refractivity contribution in [2.75, 3.05) is 19.7 Å². The van der Waals surface area contributed by atoms with Gasteiger partial charge in [-0.1, -0.05) is 65.7 Å². The second kappa shape index (κ2) is 17.3. The highest BCUT2D eigenvalue weighted by Gasteiger charge is 2.40. The number of carbonyl (C=O) groups is 3. The second-order valence-corrected chi connectivity index (χ2v) is 16.2. The lowest BCUT2D eigenvalue weighted by Gasteiger charge is -2.38. The molecule has 11 nitrogen and oxygen atoms in total. The first-order valence-corrected chi connectivity index (χ1v) is 20.4. The first-order valence-electron chi connectivity index (χ1n) is 19.7. The number of aryl methyl sites for hydroxylation is 1. The number of nitrogens with zero attached hydrogens (tertiary/aromatic N) is 2. The highest BCUT2D eigenvalue weighted by molar-refractivity contribution is 6.42. The molecule has 1 fully saturated rings. The standard InChI is InChI=1S/C46H44Cl2N4O7/c1-26-27(2)50-16-14-36(26)30-6-3-28(4-7-30)18-39(46(55)56)51-44(53)40-19-33-20-41-42(21-34(33)23-52(40)45(54)32-13-15-49-22-32)59-43(25-58-41)31-8-10-35(11-9-31)57-24-29-5-12-37(47)38(48)17-29/h3-12,14,16-17,20-21,32,39-40,43,49H,13,15,18-19,22-25H2,1-2H3,(H,51,53)(H,55,56)/t32-,39-,40-,43+/m0/s1. The fourth-order valence-electron chi connectivity index (χ4n) is 7.93. The van der Waals surface area contributed by atoms with Crippen molar-refractivity contribution in [2.24, 2.45) is 5.92 Å². The number of fused-ring (bicyclic) bond motifs is 2. The molecule has 8 rings (SSSR count). The van der Waals surface area contributed by atoms with Crippen molar-refractivity contribution < 1.29 is 33.7 Å². The zero-order chi connectivity index (χ0) is 41.2. The molecule has 0 saturated carbocycles. The number of halogens is 2. The summed E-state index contributed by atoms with van der Waals surface area (Å²) in [6.07, 6.45) is 2.32. The summed E-state index contributed by atoms with van der Waals surface area (Å²) >= 11 is 12.2. The zero-order valence-corrected chi connectivity index (χ0v) is 34.2. The third-order valence-electron chi connectivity index (χ3n) is 11.5. The number of rotatable bonds is 11. The molecule has 2 amide bonds. The molecule has 3 N–H and O–H groups in total. The van der Waals surface area contributed by atoms with Crippen LogP contribution in [0.3, 0.4) is 0 Å². The summed E-state index contributed by atoms with van der Waals surface area (Å²) < 4.78 is 18.7. The highest BCUT2D eigenvalue weighted by Crippen LogP contribution is 2.41. The second-order valence-electron chi connectivity index (χ2n) is 15.3. The smallest absolute Gasteiger partial charge is 0.326 e. The number of benzene rings is 4. The van der Waals surface area contributed by atoms with Crippen LogP contribution in [0.5, 0.6) is 17.2 Å². The molecule has 4 atom stereocenters. The van der Waals surface area contributed by atoms with Crippen LogP contribution in [0.25, 0.3) is 11.1 Å². The summed E-state index contributed by atoms with van der Waals surface area (Å²) in [4.78, 5) is 46.7. The van der Waals surface area contributed by atoms with Gasteiger partial charge in [-0.15, -0.1) is 0 Å². The van der Waals surface area contributed by atoms with Crippen LogP contribution in [0, 0.1) is 19.8 Å². The Balaban J connectivity index is 0.964. The number of ether oxygens (including phenoxy) is 3. The minimum Gasteiger partial charge on any atom is -0.489 e. The molecular formula is C46H44Cl2N4O7. The van der Waals surface area contributed by atoms with Crippen molar-refractivity contribution in [3.8, 4) is 28.4 Å². The third-order valence-corrected chi connectivity index (χ3v) is 12.2. The molecule has 5 aromatic rings. The van der Waals surface area contributed by atoms with E-state index < -0.39 is 24.0 Å². The predicted octanol–water partition coefficient (Wildman–Crippen LogP) is 7.44. The first-order chi connectivity index (χ1) is 28.5. The van der Waals surface area contributed by atoms with Gasteiger partial charge >= 0.3 is 5.97 Å². The lowest BCUT2D eigenvalue weighted by Crippen LogP contribution is -2.57. The van der Waals surface area contributed by atoms with Gasteiger partial charge < -0.3 is 34.9 Å². The number of aliphatic carboxylic acids is 1. The van der Waals surface area contributed by atoms with E-state index in [0.29, 0.717) is 53.4 Å². The van der Waals surface area contributed by atoms with E-state index in [9.17, 15) is 19.5 Å². The Kier molecular flexibility index (Phi) is 11.8. The van der Waals surface area contributed by atoms with Gasteiger partial charge in [0.2, 0.25) is 11.8 Å². The molecule has 0 unspecified atom stereocenters. The lowest BCUT2D eigenvalue weighted by molar-refractivity contribution is -0.147. The Morgan fingerprint density at radius 2 is 1.71 bits per heavy atom. The molecule has 304 valence electrons. The van der Waals surface area contributed by atoms with Crippen LogP contribution in [0.2, 0.25) is 10.0 Å². The van der Waals surface area contributed by atoms with Crippen LogP contribution >= 0.6 is 23.2 Å². The van der Waals surface area contributed by atoms with E-state index in [2.05, 4.69) is 15.6 Å². The van der Waals surface area contributed by atoms with E-state index in [-0.39, 0.29) is 43.9 Å². The number of amides is 2. The van der Waals surface area contributed by atoms with Gasteiger partial charge in [0.05, 0.1) is 16.0 Å². The van der Waals surface area contributed by atoms with E-state index in [1.165, 1.54) is 0 Å². The van der Waals surface area contributed by atoms with Gasteiger partial charge in [0.15, 0.2) is 17.6 Å². The fourth-order valence-corrected chi connectivity index (χ4v) is 8.25. The van der Waals surface area contributed by atoms with Crippen molar-refractivity contribution in [3.05, 3.63) is 140 Å². The number of pyridine rings is 1. The van der Waals surface area contributed by atoms with E-state index in [0.717, 1.165) is 50.2 Å². The molecule has 59 heavy (non-hydrogen) atoms. The number of carboxylic acid groups (broad SMARTS) is 1. The molecule has 0 aliphatic carbocycles. The van der Waals surface area contributed by atoms with E-state index in [1.807, 2.05) is 86.6 Å². The number of hydrogen-bond acceptors (Lipinski definition) is 8. The highest BCUT2D eigenvalue weighted by atomic mass is 35.5. The van der Waals surface area contributed by atoms with Gasteiger partial charge in [-0.2, -0.15) is 0 Å². The molecule has 0 spiro atoms. The predicted molar refractivity (Wildman–Crippen MR) is 224 cm³/mol. The quantitative estimate of drug-likeness (QED) is 0.124. The summed E-state index contributed by atoms with van der Waals surface area (Å²) in [6, 6.07) is 24.3.